The Labute approximate surface area is 133 Å². The zero-order chi connectivity index (χ0) is 16.4. The van der Waals surface area contributed by atoms with Crippen molar-refractivity contribution >= 4 is 17.5 Å². The summed E-state index contributed by atoms with van der Waals surface area (Å²) in [7, 11) is 0. The number of hydrogen-bond donors (Lipinski definition) is 2. The van der Waals surface area contributed by atoms with Crippen LogP contribution in [0.15, 0.2) is 18.2 Å². The van der Waals surface area contributed by atoms with E-state index in [9.17, 15) is 9.59 Å². The molecule has 0 aliphatic heterocycles. The highest BCUT2D eigenvalue weighted by atomic mass is 16.2. The first kappa shape index (κ1) is 18.2. The second kappa shape index (κ2) is 9.98. The van der Waals surface area contributed by atoms with Crippen LogP contribution in [0.1, 0.15) is 56.6 Å². The summed E-state index contributed by atoms with van der Waals surface area (Å²) in [5.41, 5.74) is 2.88. The van der Waals surface area contributed by atoms with E-state index in [1.54, 1.807) is 0 Å². The van der Waals surface area contributed by atoms with Gasteiger partial charge in [-0.25, -0.2) is 0 Å². The number of para-hydroxylation sites is 1. The van der Waals surface area contributed by atoms with Gasteiger partial charge in [0, 0.05) is 12.1 Å². The topological polar surface area (TPSA) is 58.2 Å². The van der Waals surface area contributed by atoms with Crippen molar-refractivity contribution in [1.82, 2.24) is 5.32 Å². The minimum atomic E-state index is -0.184. The molecule has 0 bridgehead atoms. The van der Waals surface area contributed by atoms with Crippen LogP contribution >= 0.6 is 0 Å². The fourth-order valence-corrected chi connectivity index (χ4v) is 2.35. The summed E-state index contributed by atoms with van der Waals surface area (Å²) in [6, 6.07) is 5.87. The highest BCUT2D eigenvalue weighted by Gasteiger charge is 2.08. The van der Waals surface area contributed by atoms with Gasteiger partial charge in [0.1, 0.15) is 0 Å². The summed E-state index contributed by atoms with van der Waals surface area (Å²) in [6.45, 7) is 6.11. The highest BCUT2D eigenvalue weighted by molar-refractivity contribution is 5.95. The first-order chi connectivity index (χ1) is 10.5. The molecule has 0 spiro atoms. The molecule has 2 amide bonds. The second-order valence-electron chi connectivity index (χ2n) is 5.76. The molecule has 0 aromatic heterocycles. The molecule has 0 aliphatic rings. The molecule has 0 heterocycles. The summed E-state index contributed by atoms with van der Waals surface area (Å²) < 4.78 is 0. The number of anilines is 1. The molecule has 0 atom stereocenters. The van der Waals surface area contributed by atoms with Crippen molar-refractivity contribution in [3.05, 3.63) is 29.3 Å². The van der Waals surface area contributed by atoms with Gasteiger partial charge in [0.25, 0.3) is 0 Å². The molecule has 122 valence electrons. The van der Waals surface area contributed by atoms with E-state index in [4.69, 9.17) is 0 Å². The van der Waals surface area contributed by atoms with E-state index >= 15 is 0 Å². The Balaban J connectivity index is 2.27. The van der Waals surface area contributed by atoms with Gasteiger partial charge in [0.15, 0.2) is 0 Å². The van der Waals surface area contributed by atoms with Crippen LogP contribution in [0.25, 0.3) is 0 Å². The zero-order valence-corrected chi connectivity index (χ0v) is 14.0. The molecule has 0 aliphatic carbocycles. The third kappa shape index (κ3) is 6.74. The van der Waals surface area contributed by atoms with Crippen molar-refractivity contribution in [1.29, 1.82) is 0 Å². The quantitative estimate of drug-likeness (QED) is 0.683. The van der Waals surface area contributed by atoms with Crippen LogP contribution in [0, 0.1) is 13.8 Å². The summed E-state index contributed by atoms with van der Waals surface area (Å²) in [4.78, 5) is 23.6. The summed E-state index contributed by atoms with van der Waals surface area (Å²) in [6.07, 6.45) is 6.07. The van der Waals surface area contributed by atoms with Crippen molar-refractivity contribution in [2.24, 2.45) is 0 Å². The van der Waals surface area contributed by atoms with Gasteiger partial charge in [0.05, 0.1) is 6.54 Å². The number of unbranched alkanes of at least 4 members (excludes halogenated alkanes) is 4. The Kier molecular flexibility index (Phi) is 8.26. The molecular formula is C18H28N2O2. The first-order valence-electron chi connectivity index (χ1n) is 8.17. The molecule has 1 rings (SSSR count). The number of benzene rings is 1. The molecule has 2 N–H and O–H groups in total. The van der Waals surface area contributed by atoms with Crippen molar-refractivity contribution in [2.75, 3.05) is 11.9 Å². The molecule has 22 heavy (non-hydrogen) atoms. The third-order valence-electron chi connectivity index (χ3n) is 3.70. The van der Waals surface area contributed by atoms with Crippen LogP contribution in [-0.2, 0) is 9.59 Å². The zero-order valence-electron chi connectivity index (χ0n) is 14.0. The maximum absolute atomic E-state index is 11.9. The van der Waals surface area contributed by atoms with Gasteiger partial charge < -0.3 is 10.6 Å². The van der Waals surface area contributed by atoms with E-state index in [1.165, 1.54) is 19.3 Å². The van der Waals surface area contributed by atoms with E-state index < -0.39 is 0 Å². The van der Waals surface area contributed by atoms with Gasteiger partial charge in [-0.3, -0.25) is 9.59 Å². The molecule has 4 nitrogen and oxygen atoms in total. The van der Waals surface area contributed by atoms with E-state index in [0.29, 0.717) is 6.42 Å². The van der Waals surface area contributed by atoms with Crippen LogP contribution in [0.3, 0.4) is 0 Å². The molecule has 0 unspecified atom stereocenters. The lowest BCUT2D eigenvalue weighted by atomic mass is 10.1. The standard InChI is InChI=1S/C18H28N2O2/c1-4-5-6-7-8-12-16(21)19-13-17(22)20-18-14(2)10-9-11-15(18)3/h9-11H,4-8,12-13H2,1-3H3,(H,19,21)(H,20,22). The van der Waals surface area contributed by atoms with Gasteiger partial charge in [-0.2, -0.15) is 0 Å². The molecule has 0 saturated carbocycles. The average molecular weight is 304 g/mol. The van der Waals surface area contributed by atoms with Crippen molar-refractivity contribution in [2.45, 2.75) is 59.3 Å². The fourth-order valence-electron chi connectivity index (χ4n) is 2.35. The summed E-state index contributed by atoms with van der Waals surface area (Å²) in [5.74, 6) is -0.232. The van der Waals surface area contributed by atoms with Gasteiger partial charge in [0.2, 0.25) is 11.8 Å². The van der Waals surface area contributed by atoms with E-state index in [-0.39, 0.29) is 18.4 Å². The molecule has 0 fully saturated rings. The largest absolute Gasteiger partial charge is 0.347 e. The number of carbonyl (C=O) groups excluding carboxylic acids is 2. The fraction of sp³-hybridized carbons (Fsp3) is 0.556. The molecule has 4 heteroatoms. The van der Waals surface area contributed by atoms with E-state index in [1.807, 2.05) is 32.0 Å². The van der Waals surface area contributed by atoms with E-state index in [0.717, 1.165) is 29.7 Å². The van der Waals surface area contributed by atoms with Crippen molar-refractivity contribution in [3.63, 3.8) is 0 Å². The van der Waals surface area contributed by atoms with Gasteiger partial charge in [-0.1, -0.05) is 50.8 Å². The number of rotatable bonds is 9. The lowest BCUT2D eigenvalue weighted by Gasteiger charge is -2.12. The highest BCUT2D eigenvalue weighted by Crippen LogP contribution is 2.18. The van der Waals surface area contributed by atoms with Gasteiger partial charge >= 0.3 is 0 Å². The predicted octanol–water partition coefficient (Wildman–Crippen LogP) is 3.72. The normalized spacial score (nSPS) is 10.3. The maximum atomic E-state index is 11.9. The third-order valence-corrected chi connectivity index (χ3v) is 3.70. The number of nitrogens with one attached hydrogen (secondary N) is 2. The SMILES string of the molecule is CCCCCCCC(=O)NCC(=O)Nc1c(C)cccc1C. The lowest BCUT2D eigenvalue weighted by molar-refractivity contribution is -0.124. The molecule has 1 aromatic carbocycles. The molecule has 1 aromatic rings. The van der Waals surface area contributed by atoms with Crippen LogP contribution in [0.5, 0.6) is 0 Å². The Morgan fingerprint density at radius 1 is 0.955 bits per heavy atom. The molecular weight excluding hydrogens is 276 g/mol. The Bertz CT molecular complexity index is 478. The lowest BCUT2D eigenvalue weighted by Crippen LogP contribution is -2.33. The van der Waals surface area contributed by atoms with Crippen LogP contribution in [-0.4, -0.2) is 18.4 Å². The van der Waals surface area contributed by atoms with Crippen molar-refractivity contribution in [3.8, 4) is 0 Å². The summed E-state index contributed by atoms with van der Waals surface area (Å²) in [5, 5.41) is 5.55. The second-order valence-corrected chi connectivity index (χ2v) is 5.76. The Morgan fingerprint density at radius 3 is 2.23 bits per heavy atom. The average Bonchev–Trinajstić information content (AvgIpc) is 2.49. The molecule has 0 saturated heterocycles. The Morgan fingerprint density at radius 2 is 1.59 bits per heavy atom. The minimum Gasteiger partial charge on any atom is -0.347 e. The van der Waals surface area contributed by atoms with Crippen LogP contribution < -0.4 is 10.6 Å². The summed E-state index contributed by atoms with van der Waals surface area (Å²) >= 11 is 0. The number of carbonyl (C=O) groups is 2. The number of aryl methyl sites for hydroxylation is 2. The first-order valence-corrected chi connectivity index (χ1v) is 8.17. The van der Waals surface area contributed by atoms with Gasteiger partial charge in [-0.05, 0) is 31.4 Å². The Hall–Kier alpha value is -1.84. The smallest absolute Gasteiger partial charge is 0.243 e. The minimum absolute atomic E-state index is 0.0293. The van der Waals surface area contributed by atoms with E-state index in [2.05, 4.69) is 17.6 Å². The van der Waals surface area contributed by atoms with Crippen LogP contribution in [0.2, 0.25) is 0 Å². The van der Waals surface area contributed by atoms with Crippen LogP contribution in [0.4, 0.5) is 5.69 Å². The predicted molar refractivity (Wildman–Crippen MR) is 90.9 cm³/mol. The van der Waals surface area contributed by atoms with Gasteiger partial charge in [-0.15, -0.1) is 0 Å². The monoisotopic (exact) mass is 304 g/mol. The number of amides is 2. The molecule has 0 radical (unpaired) electrons. The maximum Gasteiger partial charge on any atom is 0.243 e. The van der Waals surface area contributed by atoms with Crippen molar-refractivity contribution < 1.29 is 9.59 Å². The number of hydrogen-bond acceptors (Lipinski definition) is 2.